The van der Waals surface area contributed by atoms with Gasteiger partial charge in [-0.3, -0.25) is 9.69 Å². The molecule has 4 atom stereocenters. The molecule has 3 fully saturated rings. The van der Waals surface area contributed by atoms with Gasteiger partial charge in [0.25, 0.3) is 0 Å². The molecule has 0 unspecified atom stereocenters. The van der Waals surface area contributed by atoms with Gasteiger partial charge in [-0.2, -0.15) is 0 Å². The van der Waals surface area contributed by atoms with Gasteiger partial charge in [0.05, 0.1) is 13.2 Å². The van der Waals surface area contributed by atoms with Gasteiger partial charge in [0.15, 0.2) is 0 Å². The summed E-state index contributed by atoms with van der Waals surface area (Å²) in [4.78, 5) is 18.8. The molecule has 3 aromatic carbocycles. The van der Waals surface area contributed by atoms with E-state index < -0.39 is 5.41 Å². The minimum atomic E-state index is -0.675. The fourth-order valence-electron chi connectivity index (χ4n) is 9.11. The molecule has 0 aromatic heterocycles. The standard InChI is InChI=1S/C25H32N2O2.C16H23NO/c1-21(20-26-16-18-29-19-17-26)25(22-10-4-2-5-11-22,23-12-6-3-7-13-23)24(28)27-14-8-9-15-27;1-16-8-4-2-3-5-12(15(16)17)9-11-6-7-13(18)10-14(11)16/h2-7,10-13,21H,8-9,14-20H2,1H3;6-7,10,12,15,18H,2-5,8-9,17H2,1H3/t21-;12-,15-,16+/m10/s1. The third-order valence-corrected chi connectivity index (χ3v) is 11.8. The number of morpholine rings is 1. The Balaban J connectivity index is 0.000000183. The second kappa shape index (κ2) is 14.9. The molecule has 1 amide bonds. The minimum absolute atomic E-state index is 0.0530. The fourth-order valence-corrected chi connectivity index (χ4v) is 9.11. The molecule has 6 nitrogen and oxygen atoms in total. The van der Waals surface area contributed by atoms with Crippen LogP contribution < -0.4 is 5.73 Å². The first-order chi connectivity index (χ1) is 22.8. The summed E-state index contributed by atoms with van der Waals surface area (Å²) < 4.78 is 5.55. The van der Waals surface area contributed by atoms with E-state index in [1.165, 1.54) is 36.8 Å². The molecule has 0 spiro atoms. The SMILES string of the molecule is C[C@@]12CCCCC[C@@H](Cc3ccc(O)cc31)[C@@H]2N.C[C@H](CN1CCOCC1)C(C(=O)N1CCCC1)(c1ccccc1)c1ccccc1. The van der Waals surface area contributed by atoms with E-state index >= 15 is 0 Å². The zero-order valence-electron chi connectivity index (χ0n) is 28.6. The molecule has 2 aliphatic carbocycles. The predicted octanol–water partition coefficient (Wildman–Crippen LogP) is 6.68. The van der Waals surface area contributed by atoms with E-state index in [0.29, 0.717) is 11.7 Å². The van der Waals surface area contributed by atoms with E-state index in [1.54, 1.807) is 0 Å². The lowest BCUT2D eigenvalue weighted by molar-refractivity contribution is -0.137. The Bertz CT molecular complexity index is 1410. The van der Waals surface area contributed by atoms with E-state index in [1.807, 2.05) is 24.3 Å². The van der Waals surface area contributed by atoms with Gasteiger partial charge in [-0.25, -0.2) is 0 Å². The molecule has 2 heterocycles. The fraction of sp³-hybridized carbons (Fsp3) is 0.537. The molecule has 1 saturated carbocycles. The molecular formula is C41H55N3O3. The van der Waals surface area contributed by atoms with E-state index in [-0.39, 0.29) is 23.3 Å². The van der Waals surface area contributed by atoms with Gasteiger partial charge in [0.2, 0.25) is 5.91 Å². The lowest BCUT2D eigenvalue weighted by atomic mass is 9.60. The van der Waals surface area contributed by atoms with Crippen LogP contribution in [0.5, 0.6) is 5.75 Å². The topological polar surface area (TPSA) is 79.0 Å². The van der Waals surface area contributed by atoms with Crippen molar-refractivity contribution in [1.29, 1.82) is 0 Å². The summed E-state index contributed by atoms with van der Waals surface area (Å²) in [5, 5.41) is 9.77. The van der Waals surface area contributed by atoms with Crippen LogP contribution >= 0.6 is 0 Å². The zero-order valence-corrected chi connectivity index (χ0v) is 28.6. The number of benzene rings is 3. The summed E-state index contributed by atoms with van der Waals surface area (Å²) in [5.74, 6) is 1.39. The monoisotopic (exact) mass is 637 g/mol. The Morgan fingerprint density at radius 2 is 1.55 bits per heavy atom. The number of rotatable bonds is 6. The van der Waals surface area contributed by atoms with Gasteiger partial charge in [-0.15, -0.1) is 0 Å². The first-order valence-electron chi connectivity index (χ1n) is 18.1. The number of carbonyl (C=O) groups excluding carboxylic acids is 1. The van der Waals surface area contributed by atoms with E-state index in [4.69, 9.17) is 10.5 Å². The highest BCUT2D eigenvalue weighted by atomic mass is 16.5. The Morgan fingerprint density at radius 3 is 2.19 bits per heavy atom. The number of fused-ring (bicyclic) bond motifs is 4. The third kappa shape index (κ3) is 6.88. The molecule has 2 saturated heterocycles. The van der Waals surface area contributed by atoms with E-state index in [9.17, 15) is 9.90 Å². The first-order valence-corrected chi connectivity index (χ1v) is 18.1. The maximum Gasteiger partial charge on any atom is 0.238 e. The maximum absolute atomic E-state index is 14.2. The summed E-state index contributed by atoms with van der Waals surface area (Å²) in [6.07, 6.45) is 9.61. The van der Waals surface area contributed by atoms with Crippen LogP contribution in [-0.2, 0) is 26.8 Å². The van der Waals surface area contributed by atoms with Crippen LogP contribution in [0.2, 0.25) is 0 Å². The number of ether oxygens (including phenoxy) is 1. The molecule has 47 heavy (non-hydrogen) atoms. The molecule has 4 aliphatic rings. The smallest absolute Gasteiger partial charge is 0.238 e. The van der Waals surface area contributed by atoms with Crippen molar-refractivity contribution in [1.82, 2.24) is 9.80 Å². The number of carbonyl (C=O) groups is 1. The van der Waals surface area contributed by atoms with Crippen molar-refractivity contribution in [3.63, 3.8) is 0 Å². The van der Waals surface area contributed by atoms with Crippen molar-refractivity contribution in [2.75, 3.05) is 45.9 Å². The first kappa shape index (κ1) is 33.7. The Hall–Kier alpha value is -3.19. The van der Waals surface area contributed by atoms with Crippen LogP contribution in [0, 0.1) is 11.8 Å². The van der Waals surface area contributed by atoms with Crippen molar-refractivity contribution in [3.8, 4) is 5.75 Å². The summed E-state index contributed by atoms with van der Waals surface area (Å²) in [6.45, 7) is 10.6. The minimum Gasteiger partial charge on any atom is -0.508 e. The maximum atomic E-state index is 14.2. The molecular weight excluding hydrogens is 582 g/mol. The van der Waals surface area contributed by atoms with Gasteiger partial charge in [-0.1, -0.05) is 99.8 Å². The quantitative estimate of drug-likeness (QED) is 0.316. The van der Waals surface area contributed by atoms with Crippen molar-refractivity contribution in [2.45, 2.75) is 82.1 Å². The summed E-state index contributed by atoms with van der Waals surface area (Å²) in [6, 6.07) is 27.0. The van der Waals surface area contributed by atoms with Crippen molar-refractivity contribution in [2.24, 2.45) is 17.6 Å². The predicted molar refractivity (Wildman–Crippen MR) is 190 cm³/mol. The highest BCUT2D eigenvalue weighted by Crippen LogP contribution is 2.46. The van der Waals surface area contributed by atoms with E-state index in [0.717, 1.165) is 82.7 Å². The number of hydrogen-bond acceptors (Lipinski definition) is 5. The normalized spacial score (nSPS) is 25.5. The number of phenols is 1. The lowest BCUT2D eigenvalue weighted by Gasteiger charge is -2.47. The summed E-state index contributed by atoms with van der Waals surface area (Å²) in [5.41, 5.74) is 10.9. The van der Waals surface area contributed by atoms with Gasteiger partial charge in [0, 0.05) is 44.2 Å². The van der Waals surface area contributed by atoms with Crippen LogP contribution in [0.3, 0.4) is 0 Å². The summed E-state index contributed by atoms with van der Waals surface area (Å²) in [7, 11) is 0. The third-order valence-electron chi connectivity index (χ3n) is 11.8. The van der Waals surface area contributed by atoms with Crippen LogP contribution in [0.15, 0.2) is 78.9 Å². The van der Waals surface area contributed by atoms with Gasteiger partial charge >= 0.3 is 0 Å². The molecule has 6 heteroatoms. The Labute approximate surface area is 282 Å². The number of hydrogen-bond donors (Lipinski definition) is 2. The number of aromatic hydroxyl groups is 1. The average molecular weight is 638 g/mol. The molecule has 252 valence electrons. The van der Waals surface area contributed by atoms with E-state index in [2.05, 4.69) is 78.2 Å². The van der Waals surface area contributed by atoms with Gasteiger partial charge < -0.3 is 20.5 Å². The van der Waals surface area contributed by atoms with Crippen LogP contribution in [0.25, 0.3) is 0 Å². The second-order valence-corrected chi connectivity index (χ2v) is 14.7. The number of likely N-dealkylation sites (tertiary alicyclic amines) is 1. The molecule has 3 aromatic rings. The largest absolute Gasteiger partial charge is 0.508 e. The highest BCUT2D eigenvalue weighted by molar-refractivity contribution is 5.93. The number of phenolic OH excluding ortho intramolecular Hbond substituents is 1. The molecule has 2 bridgehead atoms. The Kier molecular flexibility index (Phi) is 10.7. The lowest BCUT2D eigenvalue weighted by Crippen LogP contribution is -2.54. The van der Waals surface area contributed by atoms with Crippen molar-refractivity contribution < 1.29 is 14.6 Å². The van der Waals surface area contributed by atoms with Crippen LogP contribution in [0.1, 0.15) is 81.0 Å². The number of nitrogens with zero attached hydrogens (tertiary/aromatic N) is 2. The molecule has 0 radical (unpaired) electrons. The van der Waals surface area contributed by atoms with Crippen LogP contribution in [0.4, 0.5) is 0 Å². The molecule has 7 rings (SSSR count). The second-order valence-electron chi connectivity index (χ2n) is 14.7. The van der Waals surface area contributed by atoms with Crippen molar-refractivity contribution in [3.05, 3.63) is 101 Å². The Morgan fingerprint density at radius 1 is 0.915 bits per heavy atom. The number of nitrogens with two attached hydrogens (primary N) is 1. The van der Waals surface area contributed by atoms with Crippen molar-refractivity contribution >= 4 is 5.91 Å². The molecule has 2 aliphatic heterocycles. The zero-order chi connectivity index (χ0) is 32.9. The van der Waals surface area contributed by atoms with Gasteiger partial charge in [-0.05, 0) is 78.3 Å². The van der Waals surface area contributed by atoms with Gasteiger partial charge in [0.1, 0.15) is 11.2 Å². The molecule has 3 N–H and O–H groups in total. The number of amides is 1. The average Bonchev–Trinajstić information content (AvgIpc) is 3.64. The summed E-state index contributed by atoms with van der Waals surface area (Å²) >= 11 is 0. The van der Waals surface area contributed by atoms with Crippen LogP contribution in [-0.4, -0.2) is 72.8 Å². The highest BCUT2D eigenvalue weighted by Gasteiger charge is 2.49.